The van der Waals surface area contributed by atoms with Crippen LogP contribution in [0.25, 0.3) is 5.57 Å². The van der Waals surface area contributed by atoms with Crippen molar-refractivity contribution in [2.45, 2.75) is 4.90 Å². The number of rotatable bonds is 8. The van der Waals surface area contributed by atoms with E-state index in [9.17, 15) is 18.3 Å². The van der Waals surface area contributed by atoms with Gasteiger partial charge in [0.25, 0.3) is 5.95 Å². The fourth-order valence-corrected chi connectivity index (χ4v) is 3.53. The Morgan fingerprint density at radius 2 is 1.43 bits per heavy atom. The highest BCUT2D eigenvalue weighted by Crippen LogP contribution is 2.27. The Morgan fingerprint density at radius 3 is 2.03 bits per heavy atom. The van der Waals surface area contributed by atoms with Gasteiger partial charge in [0.2, 0.25) is 0 Å². The van der Waals surface area contributed by atoms with Gasteiger partial charge in [0, 0.05) is 6.07 Å². The Hall–Kier alpha value is -3.78. The first-order valence-corrected chi connectivity index (χ1v) is 10.2. The van der Waals surface area contributed by atoms with Crippen LogP contribution in [0.5, 0.6) is 11.5 Å². The minimum absolute atomic E-state index is 0.00314. The molecule has 0 radical (unpaired) electrons. The predicted octanol–water partition coefficient (Wildman–Crippen LogP) is 3.93. The summed E-state index contributed by atoms with van der Waals surface area (Å²) < 4.78 is 40.7. The van der Waals surface area contributed by atoms with Crippen LogP contribution in [0.4, 0.5) is 0 Å². The number of carboxylic acid groups (broad SMARTS) is 1. The van der Waals surface area contributed by atoms with Crippen molar-refractivity contribution >= 4 is 21.7 Å². The largest absolute Gasteiger partial charge is 0.477 e. The van der Waals surface area contributed by atoms with E-state index in [1.165, 1.54) is 43.5 Å². The van der Waals surface area contributed by atoms with Gasteiger partial charge in [-0.15, -0.1) is 0 Å². The summed E-state index contributed by atoms with van der Waals surface area (Å²) in [5, 5.41) is 9.62. The Kier molecular flexibility index (Phi) is 6.38. The molecule has 0 aliphatic rings. The van der Waals surface area contributed by atoms with Crippen LogP contribution in [0.1, 0.15) is 5.56 Å². The van der Waals surface area contributed by atoms with Crippen LogP contribution in [0.15, 0.2) is 95.8 Å². The highest BCUT2D eigenvalue weighted by atomic mass is 32.2. The van der Waals surface area contributed by atoms with E-state index in [2.05, 4.69) is 0 Å². The minimum atomic E-state index is -4.03. The number of hydrogen-bond donors (Lipinski definition) is 1. The zero-order valence-corrected chi connectivity index (χ0v) is 16.7. The number of ether oxygens (including phenoxy) is 2. The van der Waals surface area contributed by atoms with Crippen molar-refractivity contribution in [3.63, 3.8) is 0 Å². The van der Waals surface area contributed by atoms with Crippen LogP contribution < -0.4 is 8.92 Å². The van der Waals surface area contributed by atoms with E-state index >= 15 is 0 Å². The number of aliphatic carboxylic acids is 1. The molecule has 3 aromatic rings. The Bertz CT molecular complexity index is 1150. The van der Waals surface area contributed by atoms with E-state index in [1.54, 1.807) is 48.5 Å². The molecule has 3 aromatic carbocycles. The molecule has 1 N–H and O–H groups in total. The SMILES string of the molecule is COC(Oc1cccc(OS(=O)(=O)c2ccccc2)c1)=C(C(=O)O)c1ccccc1. The number of hydrogen-bond acceptors (Lipinski definition) is 6. The van der Waals surface area contributed by atoms with Gasteiger partial charge in [-0.25, -0.2) is 4.79 Å². The van der Waals surface area contributed by atoms with Gasteiger partial charge in [-0.05, 0) is 29.8 Å². The van der Waals surface area contributed by atoms with Crippen LogP contribution >= 0.6 is 0 Å². The molecule has 0 unspecified atom stereocenters. The molecule has 0 spiro atoms. The van der Waals surface area contributed by atoms with Gasteiger partial charge in [0.1, 0.15) is 22.0 Å². The lowest BCUT2D eigenvalue weighted by Crippen LogP contribution is -2.11. The van der Waals surface area contributed by atoms with E-state index in [1.807, 2.05) is 0 Å². The molecule has 0 atom stereocenters. The fraction of sp³-hybridized carbons (Fsp3) is 0.0455. The van der Waals surface area contributed by atoms with E-state index in [4.69, 9.17) is 13.7 Å². The van der Waals surface area contributed by atoms with Crippen LogP contribution in [-0.2, 0) is 19.6 Å². The third-order valence-electron chi connectivity index (χ3n) is 3.92. The first kappa shape index (κ1) is 20.9. The fourth-order valence-electron chi connectivity index (χ4n) is 2.59. The standard InChI is InChI=1S/C22H18O7S/c1-27-22(20(21(23)24)16-9-4-2-5-10-16)28-17-11-8-12-18(15-17)29-30(25,26)19-13-6-3-7-14-19/h2-15H,1H3,(H,23,24). The van der Waals surface area contributed by atoms with Crippen LogP contribution in [-0.4, -0.2) is 26.6 Å². The maximum absolute atomic E-state index is 12.4. The van der Waals surface area contributed by atoms with Crippen molar-refractivity contribution in [2.24, 2.45) is 0 Å². The molecule has 3 rings (SSSR count). The first-order valence-electron chi connectivity index (χ1n) is 8.75. The van der Waals surface area contributed by atoms with Gasteiger partial charge in [0.15, 0.2) is 0 Å². The predicted molar refractivity (Wildman–Crippen MR) is 109 cm³/mol. The maximum atomic E-state index is 12.4. The van der Waals surface area contributed by atoms with E-state index in [0.717, 1.165) is 0 Å². The number of carbonyl (C=O) groups is 1. The van der Waals surface area contributed by atoms with Crippen molar-refractivity contribution in [1.82, 2.24) is 0 Å². The van der Waals surface area contributed by atoms with Crippen LogP contribution in [0.3, 0.4) is 0 Å². The molecule has 0 bridgehead atoms. The Morgan fingerprint density at radius 1 is 0.833 bits per heavy atom. The van der Waals surface area contributed by atoms with Gasteiger partial charge in [0.05, 0.1) is 7.11 Å². The lowest BCUT2D eigenvalue weighted by Gasteiger charge is -2.13. The molecule has 154 valence electrons. The first-order chi connectivity index (χ1) is 14.4. The average Bonchev–Trinajstić information content (AvgIpc) is 2.74. The van der Waals surface area contributed by atoms with Crippen molar-refractivity contribution in [3.05, 3.63) is 96.4 Å². The quantitative estimate of drug-likeness (QED) is 0.331. The lowest BCUT2D eigenvalue weighted by atomic mass is 10.1. The molecule has 30 heavy (non-hydrogen) atoms. The third-order valence-corrected chi connectivity index (χ3v) is 5.18. The monoisotopic (exact) mass is 426 g/mol. The third kappa shape index (κ3) is 4.98. The normalized spacial score (nSPS) is 11.9. The van der Waals surface area contributed by atoms with Crippen LogP contribution in [0.2, 0.25) is 0 Å². The molecule has 0 aromatic heterocycles. The zero-order chi connectivity index (χ0) is 21.6. The summed E-state index contributed by atoms with van der Waals surface area (Å²) in [6, 6.07) is 21.9. The van der Waals surface area contributed by atoms with Gasteiger partial charge in [-0.2, -0.15) is 8.42 Å². The molecular formula is C22H18O7S. The molecule has 0 aliphatic carbocycles. The van der Waals surface area contributed by atoms with E-state index in [-0.39, 0.29) is 27.9 Å². The minimum Gasteiger partial charge on any atom is -0.477 e. The van der Waals surface area contributed by atoms with E-state index < -0.39 is 16.1 Å². The summed E-state index contributed by atoms with van der Waals surface area (Å²) in [4.78, 5) is 11.8. The van der Waals surface area contributed by atoms with E-state index in [0.29, 0.717) is 5.56 Å². The summed E-state index contributed by atoms with van der Waals surface area (Å²) in [7, 11) is -2.75. The zero-order valence-electron chi connectivity index (χ0n) is 15.9. The number of carboxylic acids is 1. The molecule has 8 heteroatoms. The van der Waals surface area contributed by atoms with Gasteiger partial charge in [-0.3, -0.25) is 0 Å². The summed E-state index contributed by atoms with van der Waals surface area (Å²) in [6.07, 6.45) is 0. The maximum Gasteiger partial charge on any atom is 0.343 e. The second-order valence-electron chi connectivity index (χ2n) is 5.97. The van der Waals surface area contributed by atoms with Crippen LogP contribution in [0, 0.1) is 0 Å². The van der Waals surface area contributed by atoms with Crippen molar-refractivity contribution < 1.29 is 32.0 Å². The second kappa shape index (κ2) is 9.15. The molecule has 0 heterocycles. The molecule has 7 nitrogen and oxygen atoms in total. The number of methoxy groups -OCH3 is 1. The topological polar surface area (TPSA) is 99.1 Å². The molecule has 0 saturated heterocycles. The highest BCUT2D eigenvalue weighted by Gasteiger charge is 2.21. The summed E-state index contributed by atoms with van der Waals surface area (Å²) in [5.41, 5.74) is 0.210. The smallest absolute Gasteiger partial charge is 0.343 e. The molecule has 0 amide bonds. The molecule has 0 aliphatic heterocycles. The lowest BCUT2D eigenvalue weighted by molar-refractivity contribution is -0.130. The molecular weight excluding hydrogens is 408 g/mol. The van der Waals surface area contributed by atoms with Gasteiger partial charge in [-0.1, -0.05) is 54.6 Å². The van der Waals surface area contributed by atoms with Crippen molar-refractivity contribution in [1.29, 1.82) is 0 Å². The average molecular weight is 426 g/mol. The molecule has 0 saturated carbocycles. The summed E-state index contributed by atoms with van der Waals surface area (Å²) in [5.74, 6) is -1.35. The Labute approximate surface area is 173 Å². The summed E-state index contributed by atoms with van der Waals surface area (Å²) >= 11 is 0. The molecule has 0 fully saturated rings. The van der Waals surface area contributed by atoms with Crippen molar-refractivity contribution in [3.8, 4) is 11.5 Å². The highest BCUT2D eigenvalue weighted by molar-refractivity contribution is 7.87. The summed E-state index contributed by atoms with van der Waals surface area (Å²) in [6.45, 7) is 0. The van der Waals surface area contributed by atoms with Gasteiger partial charge < -0.3 is 18.8 Å². The Balaban J connectivity index is 1.91. The second-order valence-corrected chi connectivity index (χ2v) is 7.51. The van der Waals surface area contributed by atoms with Crippen molar-refractivity contribution in [2.75, 3.05) is 7.11 Å². The van der Waals surface area contributed by atoms with Gasteiger partial charge >= 0.3 is 16.1 Å². The number of benzene rings is 3.